The standard InChI is InChI=1S/C17H25NO3/c1-19-14-9-16(21-3)15(20-2)8-12(14)10-18-11-17(6-7-17)13-4-5-13/h8-9,13,18H,4-7,10-11H2,1-3H3. The van der Waals surface area contributed by atoms with E-state index >= 15 is 0 Å². The predicted octanol–water partition coefficient (Wildman–Crippen LogP) is 2.99. The Labute approximate surface area is 126 Å². The first-order valence-electron chi connectivity index (χ1n) is 7.72. The van der Waals surface area contributed by atoms with E-state index in [4.69, 9.17) is 14.2 Å². The topological polar surface area (TPSA) is 39.7 Å². The van der Waals surface area contributed by atoms with E-state index in [2.05, 4.69) is 5.32 Å². The molecule has 4 nitrogen and oxygen atoms in total. The summed E-state index contributed by atoms with van der Waals surface area (Å²) in [5, 5.41) is 3.61. The molecule has 0 heterocycles. The Kier molecular flexibility index (Phi) is 3.98. The molecule has 0 atom stereocenters. The van der Waals surface area contributed by atoms with Gasteiger partial charge in [-0.3, -0.25) is 0 Å². The van der Waals surface area contributed by atoms with Crippen molar-refractivity contribution in [1.29, 1.82) is 0 Å². The molecule has 0 aliphatic heterocycles. The molecule has 1 aromatic rings. The lowest BCUT2D eigenvalue weighted by atomic mass is 10.0. The first-order chi connectivity index (χ1) is 10.2. The molecule has 0 radical (unpaired) electrons. The summed E-state index contributed by atoms with van der Waals surface area (Å²) in [7, 11) is 4.99. The minimum absolute atomic E-state index is 0.615. The molecule has 0 aromatic heterocycles. The third kappa shape index (κ3) is 2.95. The number of rotatable bonds is 8. The van der Waals surface area contributed by atoms with Gasteiger partial charge >= 0.3 is 0 Å². The Morgan fingerprint density at radius 2 is 1.62 bits per heavy atom. The largest absolute Gasteiger partial charge is 0.496 e. The first-order valence-corrected chi connectivity index (χ1v) is 7.72. The number of nitrogens with one attached hydrogen (secondary N) is 1. The molecule has 2 fully saturated rings. The first kappa shape index (κ1) is 14.5. The smallest absolute Gasteiger partial charge is 0.164 e. The summed E-state index contributed by atoms with van der Waals surface area (Å²) < 4.78 is 16.2. The maximum Gasteiger partial charge on any atom is 0.164 e. The van der Waals surface area contributed by atoms with Crippen LogP contribution in [0.2, 0.25) is 0 Å². The summed E-state index contributed by atoms with van der Waals surface area (Å²) in [4.78, 5) is 0. The van der Waals surface area contributed by atoms with Gasteiger partial charge in [0.15, 0.2) is 11.5 Å². The zero-order valence-corrected chi connectivity index (χ0v) is 13.2. The molecular formula is C17H25NO3. The summed E-state index contributed by atoms with van der Waals surface area (Å²) >= 11 is 0. The van der Waals surface area contributed by atoms with Crippen molar-refractivity contribution in [1.82, 2.24) is 5.32 Å². The molecule has 0 amide bonds. The number of benzene rings is 1. The van der Waals surface area contributed by atoms with Gasteiger partial charge in [0.2, 0.25) is 0 Å². The number of ether oxygens (including phenoxy) is 3. The molecule has 0 unspecified atom stereocenters. The monoisotopic (exact) mass is 291 g/mol. The fourth-order valence-corrected chi connectivity index (χ4v) is 3.26. The van der Waals surface area contributed by atoms with Gasteiger partial charge in [0.1, 0.15) is 5.75 Å². The molecule has 0 saturated heterocycles. The van der Waals surface area contributed by atoms with Crippen LogP contribution in [0.4, 0.5) is 0 Å². The van der Waals surface area contributed by atoms with E-state index in [1.807, 2.05) is 12.1 Å². The second-order valence-corrected chi connectivity index (χ2v) is 6.26. The van der Waals surface area contributed by atoms with Crippen LogP contribution in [0.5, 0.6) is 17.2 Å². The van der Waals surface area contributed by atoms with Crippen molar-refractivity contribution in [3.8, 4) is 17.2 Å². The van der Waals surface area contributed by atoms with Gasteiger partial charge in [0, 0.05) is 24.7 Å². The van der Waals surface area contributed by atoms with E-state index in [-0.39, 0.29) is 0 Å². The van der Waals surface area contributed by atoms with Crippen molar-refractivity contribution >= 4 is 0 Å². The van der Waals surface area contributed by atoms with Gasteiger partial charge in [0.25, 0.3) is 0 Å². The van der Waals surface area contributed by atoms with Crippen molar-refractivity contribution in [2.45, 2.75) is 32.2 Å². The SMILES string of the molecule is COc1cc(OC)c(OC)cc1CNCC1(C2CC2)CC1. The summed E-state index contributed by atoms with van der Waals surface area (Å²) in [6.07, 6.45) is 5.66. The maximum absolute atomic E-state index is 5.47. The number of hydrogen-bond donors (Lipinski definition) is 1. The number of hydrogen-bond acceptors (Lipinski definition) is 4. The average Bonchev–Trinajstić information content (AvgIpc) is 3.38. The molecular weight excluding hydrogens is 266 g/mol. The van der Waals surface area contributed by atoms with E-state index in [0.717, 1.165) is 36.1 Å². The van der Waals surface area contributed by atoms with Gasteiger partial charge in [-0.25, -0.2) is 0 Å². The lowest BCUT2D eigenvalue weighted by Crippen LogP contribution is -2.25. The van der Waals surface area contributed by atoms with E-state index in [1.54, 1.807) is 21.3 Å². The molecule has 3 rings (SSSR count). The predicted molar refractivity (Wildman–Crippen MR) is 82.2 cm³/mol. The molecule has 1 N–H and O–H groups in total. The van der Waals surface area contributed by atoms with E-state index in [1.165, 1.54) is 25.7 Å². The summed E-state index contributed by atoms with van der Waals surface area (Å²) in [6.45, 7) is 1.92. The van der Waals surface area contributed by atoms with Crippen molar-refractivity contribution < 1.29 is 14.2 Å². The molecule has 2 aliphatic rings. The van der Waals surface area contributed by atoms with E-state index in [0.29, 0.717) is 11.2 Å². The van der Waals surface area contributed by atoms with Crippen molar-refractivity contribution in [2.75, 3.05) is 27.9 Å². The van der Waals surface area contributed by atoms with Crippen molar-refractivity contribution in [2.24, 2.45) is 11.3 Å². The zero-order chi connectivity index (χ0) is 14.9. The van der Waals surface area contributed by atoms with Gasteiger partial charge in [-0.2, -0.15) is 0 Å². The fraction of sp³-hybridized carbons (Fsp3) is 0.647. The van der Waals surface area contributed by atoms with Crippen LogP contribution in [0, 0.1) is 11.3 Å². The van der Waals surface area contributed by atoms with Crippen molar-refractivity contribution in [3.63, 3.8) is 0 Å². The van der Waals surface area contributed by atoms with E-state index in [9.17, 15) is 0 Å². The Morgan fingerprint density at radius 1 is 1.00 bits per heavy atom. The van der Waals surface area contributed by atoms with Crippen LogP contribution < -0.4 is 19.5 Å². The maximum atomic E-state index is 5.47. The third-order valence-electron chi connectivity index (χ3n) is 4.91. The minimum atomic E-state index is 0.615. The molecule has 0 bridgehead atoms. The highest BCUT2D eigenvalue weighted by atomic mass is 16.5. The van der Waals surface area contributed by atoms with Crippen LogP contribution in [0.15, 0.2) is 12.1 Å². The minimum Gasteiger partial charge on any atom is -0.496 e. The average molecular weight is 291 g/mol. The van der Waals surface area contributed by atoms with Gasteiger partial charge in [-0.15, -0.1) is 0 Å². The lowest BCUT2D eigenvalue weighted by molar-refractivity contribution is 0.346. The van der Waals surface area contributed by atoms with Gasteiger partial charge in [-0.05, 0) is 43.1 Å². The Bertz CT molecular complexity index is 507. The highest BCUT2D eigenvalue weighted by Gasteiger charge is 2.53. The Balaban J connectivity index is 1.66. The highest BCUT2D eigenvalue weighted by Crippen LogP contribution is 2.60. The fourth-order valence-electron chi connectivity index (χ4n) is 3.26. The summed E-state index contributed by atoms with van der Waals surface area (Å²) in [6, 6.07) is 3.89. The van der Waals surface area contributed by atoms with Crippen molar-refractivity contribution in [3.05, 3.63) is 17.7 Å². The quantitative estimate of drug-likeness (QED) is 0.799. The lowest BCUT2D eigenvalue weighted by Gasteiger charge is -2.17. The van der Waals surface area contributed by atoms with Gasteiger partial charge < -0.3 is 19.5 Å². The molecule has 4 heteroatoms. The third-order valence-corrected chi connectivity index (χ3v) is 4.91. The molecule has 2 saturated carbocycles. The number of methoxy groups -OCH3 is 3. The zero-order valence-electron chi connectivity index (χ0n) is 13.2. The van der Waals surface area contributed by atoms with Crippen LogP contribution in [-0.2, 0) is 6.54 Å². The molecule has 116 valence electrons. The Morgan fingerprint density at radius 3 is 2.14 bits per heavy atom. The second-order valence-electron chi connectivity index (χ2n) is 6.26. The van der Waals surface area contributed by atoms with Crippen LogP contribution in [0.25, 0.3) is 0 Å². The Hall–Kier alpha value is -1.42. The van der Waals surface area contributed by atoms with Crippen LogP contribution in [0.1, 0.15) is 31.2 Å². The van der Waals surface area contributed by atoms with Gasteiger partial charge in [0.05, 0.1) is 21.3 Å². The molecule has 21 heavy (non-hydrogen) atoms. The highest BCUT2D eigenvalue weighted by molar-refractivity contribution is 5.50. The normalized spacial score (nSPS) is 19.2. The second kappa shape index (κ2) is 5.76. The van der Waals surface area contributed by atoms with Crippen LogP contribution >= 0.6 is 0 Å². The summed E-state index contributed by atoms with van der Waals surface area (Å²) in [5.74, 6) is 3.28. The van der Waals surface area contributed by atoms with Crippen LogP contribution in [-0.4, -0.2) is 27.9 Å². The van der Waals surface area contributed by atoms with E-state index < -0.39 is 0 Å². The van der Waals surface area contributed by atoms with Crippen LogP contribution in [0.3, 0.4) is 0 Å². The van der Waals surface area contributed by atoms with Gasteiger partial charge in [-0.1, -0.05) is 0 Å². The molecule has 0 spiro atoms. The molecule has 1 aromatic carbocycles. The molecule has 2 aliphatic carbocycles. The summed E-state index contributed by atoms with van der Waals surface area (Å²) in [5.41, 5.74) is 1.73.